The van der Waals surface area contributed by atoms with E-state index in [-0.39, 0.29) is 11.5 Å². The first-order chi connectivity index (χ1) is 16.6. The molecule has 2 aliphatic heterocycles. The van der Waals surface area contributed by atoms with E-state index in [0.717, 1.165) is 69.7 Å². The summed E-state index contributed by atoms with van der Waals surface area (Å²) in [5.74, 6) is 1.62. The van der Waals surface area contributed by atoms with Crippen LogP contribution in [0.3, 0.4) is 0 Å². The molecular formula is C29H39N3O2. The predicted octanol–water partition coefficient (Wildman–Crippen LogP) is 4.64. The molecule has 0 atom stereocenters. The third kappa shape index (κ3) is 7.71. The fraction of sp³-hybridized carbons (Fsp3) is 0.483. The van der Waals surface area contributed by atoms with Gasteiger partial charge in [0.05, 0.1) is 0 Å². The summed E-state index contributed by atoms with van der Waals surface area (Å²) in [7, 11) is 0. The molecule has 0 radical (unpaired) electrons. The van der Waals surface area contributed by atoms with E-state index in [1.165, 1.54) is 5.56 Å². The molecular weight excluding hydrogens is 422 g/mol. The van der Waals surface area contributed by atoms with E-state index >= 15 is 0 Å². The standard InChI is InChI=1S/C29H39N3O2/c1-29(15-17-30-18-16-29)34-27-11-9-24(10-12-27)8-5-19-32-20-13-25(14-21-32)22-28(33)31-23-26-6-3-2-4-7-26/h2-12,25,30H,13-23H2,1H3,(H,31,33)/b8-5+. The van der Waals surface area contributed by atoms with Crippen LogP contribution >= 0.6 is 0 Å². The van der Waals surface area contributed by atoms with E-state index in [2.05, 4.69) is 58.9 Å². The van der Waals surface area contributed by atoms with Crippen molar-refractivity contribution in [1.82, 2.24) is 15.5 Å². The van der Waals surface area contributed by atoms with Gasteiger partial charge in [0.2, 0.25) is 5.91 Å². The number of ether oxygens (including phenoxy) is 1. The lowest BCUT2D eigenvalue weighted by molar-refractivity contribution is -0.122. The third-order valence-corrected chi connectivity index (χ3v) is 7.09. The molecule has 2 heterocycles. The summed E-state index contributed by atoms with van der Waals surface area (Å²) in [6, 6.07) is 18.5. The number of likely N-dealkylation sites (tertiary alicyclic amines) is 1. The molecule has 0 bridgehead atoms. The van der Waals surface area contributed by atoms with Crippen LogP contribution in [0.2, 0.25) is 0 Å². The lowest BCUT2D eigenvalue weighted by Crippen LogP contribution is -2.43. The number of rotatable bonds is 9. The van der Waals surface area contributed by atoms with E-state index in [1.807, 2.05) is 30.3 Å². The number of carbonyl (C=O) groups is 1. The summed E-state index contributed by atoms with van der Waals surface area (Å²) in [5, 5.41) is 6.46. The van der Waals surface area contributed by atoms with Gasteiger partial charge in [-0.05, 0) is 88.0 Å². The maximum absolute atomic E-state index is 12.3. The predicted molar refractivity (Wildman–Crippen MR) is 139 cm³/mol. The van der Waals surface area contributed by atoms with Crippen molar-refractivity contribution < 1.29 is 9.53 Å². The Hall–Kier alpha value is -2.63. The Morgan fingerprint density at radius 3 is 2.50 bits per heavy atom. The molecule has 1 amide bonds. The lowest BCUT2D eigenvalue weighted by atomic mass is 9.93. The van der Waals surface area contributed by atoms with E-state index in [0.29, 0.717) is 18.9 Å². The Balaban J connectivity index is 1.13. The van der Waals surface area contributed by atoms with E-state index in [4.69, 9.17) is 4.74 Å². The fourth-order valence-electron chi connectivity index (χ4n) is 4.83. The molecule has 0 aliphatic carbocycles. The SMILES string of the molecule is CC1(Oc2ccc(/C=C/CN3CCC(CC(=O)NCc4ccccc4)CC3)cc2)CCNCC1. The Bertz CT molecular complexity index is 912. The highest BCUT2D eigenvalue weighted by Gasteiger charge is 2.28. The first kappa shape index (κ1) is 24.5. The summed E-state index contributed by atoms with van der Waals surface area (Å²) >= 11 is 0. The van der Waals surface area contributed by atoms with Crippen molar-refractivity contribution in [3.63, 3.8) is 0 Å². The van der Waals surface area contributed by atoms with Crippen LogP contribution in [0.1, 0.15) is 50.2 Å². The molecule has 4 rings (SSSR count). The second-order valence-electron chi connectivity index (χ2n) is 9.98. The molecule has 5 heteroatoms. The average Bonchev–Trinajstić information content (AvgIpc) is 2.86. The zero-order valence-electron chi connectivity index (χ0n) is 20.5. The van der Waals surface area contributed by atoms with Crippen LogP contribution in [0.5, 0.6) is 5.75 Å². The van der Waals surface area contributed by atoms with Crippen molar-refractivity contribution >= 4 is 12.0 Å². The minimum absolute atomic E-state index is 0.0582. The number of nitrogens with zero attached hydrogens (tertiary/aromatic N) is 1. The Kier molecular flexibility index (Phi) is 8.78. The molecule has 2 saturated heterocycles. The molecule has 182 valence electrons. The Morgan fingerprint density at radius 1 is 1.09 bits per heavy atom. The summed E-state index contributed by atoms with van der Waals surface area (Å²) in [6.07, 6.45) is 9.35. The zero-order valence-corrected chi connectivity index (χ0v) is 20.5. The van der Waals surface area contributed by atoms with Crippen LogP contribution in [-0.2, 0) is 11.3 Å². The maximum Gasteiger partial charge on any atom is 0.220 e. The van der Waals surface area contributed by atoms with Gasteiger partial charge in [0.15, 0.2) is 0 Å². The van der Waals surface area contributed by atoms with Crippen molar-refractivity contribution in [3.8, 4) is 5.75 Å². The summed E-state index contributed by atoms with van der Waals surface area (Å²) < 4.78 is 6.27. The van der Waals surface area contributed by atoms with Gasteiger partial charge in [0, 0.05) is 19.5 Å². The minimum atomic E-state index is -0.0582. The molecule has 0 spiro atoms. The molecule has 2 aromatic rings. The van der Waals surface area contributed by atoms with Crippen LogP contribution in [0.15, 0.2) is 60.7 Å². The number of benzene rings is 2. The van der Waals surface area contributed by atoms with Gasteiger partial charge in [0.1, 0.15) is 11.4 Å². The van der Waals surface area contributed by atoms with Crippen LogP contribution < -0.4 is 15.4 Å². The quantitative estimate of drug-likeness (QED) is 0.571. The number of hydrogen-bond acceptors (Lipinski definition) is 4. The molecule has 5 nitrogen and oxygen atoms in total. The molecule has 2 aliphatic rings. The van der Waals surface area contributed by atoms with Crippen molar-refractivity contribution in [2.24, 2.45) is 5.92 Å². The van der Waals surface area contributed by atoms with E-state index in [9.17, 15) is 4.79 Å². The zero-order chi connectivity index (χ0) is 23.6. The largest absolute Gasteiger partial charge is 0.487 e. The average molecular weight is 462 g/mol. The van der Waals surface area contributed by atoms with Crippen LogP contribution in [0.25, 0.3) is 6.08 Å². The van der Waals surface area contributed by atoms with Crippen LogP contribution in [0, 0.1) is 5.92 Å². The summed E-state index contributed by atoms with van der Waals surface area (Å²) in [5.41, 5.74) is 2.29. The fourth-order valence-corrected chi connectivity index (χ4v) is 4.83. The monoisotopic (exact) mass is 461 g/mol. The Morgan fingerprint density at radius 2 is 1.79 bits per heavy atom. The van der Waals surface area contributed by atoms with Gasteiger partial charge < -0.3 is 15.4 Å². The normalized spacial score (nSPS) is 19.2. The third-order valence-electron chi connectivity index (χ3n) is 7.09. The second-order valence-corrected chi connectivity index (χ2v) is 9.98. The number of carbonyl (C=O) groups excluding carboxylic acids is 1. The molecule has 2 N–H and O–H groups in total. The van der Waals surface area contributed by atoms with Crippen LogP contribution in [-0.4, -0.2) is 49.1 Å². The molecule has 34 heavy (non-hydrogen) atoms. The number of piperidine rings is 2. The van der Waals surface area contributed by atoms with Gasteiger partial charge in [0.25, 0.3) is 0 Å². The van der Waals surface area contributed by atoms with Gasteiger partial charge in [-0.15, -0.1) is 0 Å². The van der Waals surface area contributed by atoms with E-state index in [1.54, 1.807) is 0 Å². The van der Waals surface area contributed by atoms with Crippen molar-refractivity contribution in [1.29, 1.82) is 0 Å². The topological polar surface area (TPSA) is 53.6 Å². The van der Waals surface area contributed by atoms with Crippen molar-refractivity contribution in [2.45, 2.75) is 51.2 Å². The Labute approximate surface area is 204 Å². The molecule has 0 saturated carbocycles. The van der Waals surface area contributed by atoms with Gasteiger partial charge >= 0.3 is 0 Å². The summed E-state index contributed by atoms with van der Waals surface area (Å²) in [4.78, 5) is 14.8. The van der Waals surface area contributed by atoms with Crippen molar-refractivity contribution in [2.75, 3.05) is 32.7 Å². The van der Waals surface area contributed by atoms with Gasteiger partial charge in [-0.3, -0.25) is 9.69 Å². The maximum atomic E-state index is 12.3. The number of hydrogen-bond donors (Lipinski definition) is 2. The molecule has 0 aromatic heterocycles. The first-order valence-electron chi connectivity index (χ1n) is 12.8. The van der Waals surface area contributed by atoms with Gasteiger partial charge in [-0.2, -0.15) is 0 Å². The first-order valence-corrected chi connectivity index (χ1v) is 12.8. The van der Waals surface area contributed by atoms with Gasteiger partial charge in [-0.1, -0.05) is 54.6 Å². The molecule has 2 fully saturated rings. The van der Waals surface area contributed by atoms with Gasteiger partial charge in [-0.25, -0.2) is 0 Å². The second kappa shape index (κ2) is 12.2. The number of nitrogens with one attached hydrogen (secondary N) is 2. The smallest absolute Gasteiger partial charge is 0.220 e. The summed E-state index contributed by atoms with van der Waals surface area (Å²) in [6.45, 7) is 7.94. The highest BCUT2D eigenvalue weighted by atomic mass is 16.5. The molecule has 0 unspecified atom stereocenters. The highest BCUT2D eigenvalue weighted by molar-refractivity contribution is 5.76. The molecule has 2 aromatic carbocycles. The van der Waals surface area contributed by atoms with Crippen LogP contribution in [0.4, 0.5) is 0 Å². The lowest BCUT2D eigenvalue weighted by Gasteiger charge is -2.34. The van der Waals surface area contributed by atoms with E-state index < -0.39 is 0 Å². The minimum Gasteiger partial charge on any atom is -0.487 e. The highest BCUT2D eigenvalue weighted by Crippen LogP contribution is 2.26. The van der Waals surface area contributed by atoms with Crippen molar-refractivity contribution in [3.05, 3.63) is 71.8 Å². The number of amides is 1.